The molecule has 0 saturated heterocycles. The lowest BCUT2D eigenvalue weighted by Gasteiger charge is -1.96. The second-order valence-electron chi connectivity index (χ2n) is 3.37. The average molecular weight is 280 g/mol. The average Bonchev–Trinajstić information content (AvgIpc) is 2.97. The van der Waals surface area contributed by atoms with E-state index in [2.05, 4.69) is 9.97 Å². The molecule has 0 spiro atoms. The molecule has 0 aliphatic heterocycles. The fourth-order valence-corrected chi connectivity index (χ4v) is 3.76. The van der Waals surface area contributed by atoms with E-state index in [0.29, 0.717) is 10.5 Å². The first-order chi connectivity index (χ1) is 8.28. The topological polar surface area (TPSA) is 45.8 Å². The van der Waals surface area contributed by atoms with Gasteiger partial charge in [-0.25, -0.2) is 4.98 Å². The minimum Gasteiger partial charge on any atom is -0.305 e. The molecule has 0 unspecified atom stereocenters. The fraction of sp³-hybridized carbons (Fsp3) is 0.0909. The van der Waals surface area contributed by atoms with Gasteiger partial charge in [-0.1, -0.05) is 0 Å². The summed E-state index contributed by atoms with van der Waals surface area (Å²) < 4.78 is 1.91. The highest BCUT2D eigenvalue weighted by Gasteiger charge is 2.08. The third kappa shape index (κ3) is 1.92. The Bertz CT molecular complexity index is 725. The Morgan fingerprint density at radius 3 is 3.00 bits per heavy atom. The van der Waals surface area contributed by atoms with Crippen molar-refractivity contribution in [2.24, 2.45) is 0 Å². The van der Waals surface area contributed by atoms with Crippen molar-refractivity contribution in [1.82, 2.24) is 9.97 Å². The summed E-state index contributed by atoms with van der Waals surface area (Å²) in [5, 5.41) is 1.89. The summed E-state index contributed by atoms with van der Waals surface area (Å²) in [6, 6.07) is 5.91. The van der Waals surface area contributed by atoms with Gasteiger partial charge in [0.05, 0.1) is 14.6 Å². The summed E-state index contributed by atoms with van der Waals surface area (Å²) in [5.74, 6) is 0.659. The number of hydrogen-bond acceptors (Lipinski definition) is 5. The lowest BCUT2D eigenvalue weighted by molar-refractivity contribution is 1.20. The Morgan fingerprint density at radius 2 is 2.24 bits per heavy atom. The van der Waals surface area contributed by atoms with E-state index in [0.717, 1.165) is 10.4 Å². The van der Waals surface area contributed by atoms with Gasteiger partial charge in [0, 0.05) is 0 Å². The van der Waals surface area contributed by atoms with E-state index in [-0.39, 0.29) is 5.56 Å². The van der Waals surface area contributed by atoms with Crippen molar-refractivity contribution in [3.63, 3.8) is 0 Å². The molecule has 0 amide bonds. The molecule has 0 bridgehead atoms. The Kier molecular flexibility index (Phi) is 2.78. The summed E-state index contributed by atoms with van der Waals surface area (Å²) in [7, 11) is 0. The molecule has 6 heteroatoms. The third-order valence-corrected chi connectivity index (χ3v) is 5.41. The first-order valence-electron chi connectivity index (χ1n) is 4.89. The zero-order chi connectivity index (χ0) is 11.8. The minimum absolute atomic E-state index is 0.0564. The SMILES string of the molecule is CSc1ccc(-c2nc3ccsc3c(=O)[nH]2)s1. The van der Waals surface area contributed by atoms with Gasteiger partial charge in [-0.2, -0.15) is 0 Å². The number of aromatic amines is 1. The van der Waals surface area contributed by atoms with Crippen molar-refractivity contribution in [3.05, 3.63) is 33.9 Å². The summed E-state index contributed by atoms with van der Waals surface area (Å²) in [4.78, 5) is 20.1. The molecule has 0 radical (unpaired) electrons. The van der Waals surface area contributed by atoms with Crippen LogP contribution in [0.5, 0.6) is 0 Å². The normalized spacial score (nSPS) is 11.1. The molecule has 0 fully saturated rings. The molecule has 3 rings (SSSR count). The molecule has 0 saturated carbocycles. The van der Waals surface area contributed by atoms with E-state index < -0.39 is 0 Å². The number of thiophene rings is 2. The Hall–Kier alpha value is -1.11. The van der Waals surface area contributed by atoms with Crippen molar-refractivity contribution in [2.45, 2.75) is 4.21 Å². The van der Waals surface area contributed by atoms with Crippen molar-refractivity contribution in [1.29, 1.82) is 0 Å². The predicted octanol–water partition coefficient (Wildman–Crippen LogP) is 3.44. The molecule has 0 aliphatic rings. The quantitative estimate of drug-likeness (QED) is 0.731. The molecule has 3 heterocycles. The third-order valence-electron chi connectivity index (χ3n) is 2.33. The van der Waals surface area contributed by atoms with Gasteiger partial charge in [-0.15, -0.1) is 34.4 Å². The lowest BCUT2D eigenvalue weighted by Crippen LogP contribution is -2.06. The van der Waals surface area contributed by atoms with Crippen LogP contribution >= 0.6 is 34.4 Å². The monoisotopic (exact) mass is 280 g/mol. The smallest absolute Gasteiger partial charge is 0.269 e. The van der Waals surface area contributed by atoms with Gasteiger partial charge in [0.25, 0.3) is 5.56 Å². The maximum atomic E-state index is 11.8. The van der Waals surface area contributed by atoms with Crippen LogP contribution in [0, 0.1) is 0 Å². The van der Waals surface area contributed by atoms with Gasteiger partial charge in [0.2, 0.25) is 0 Å². The van der Waals surface area contributed by atoms with Crippen molar-refractivity contribution in [2.75, 3.05) is 6.26 Å². The molecule has 0 atom stereocenters. The largest absolute Gasteiger partial charge is 0.305 e. The number of aromatic nitrogens is 2. The van der Waals surface area contributed by atoms with Crippen LogP contribution in [-0.4, -0.2) is 16.2 Å². The first kappa shape index (κ1) is 11.0. The van der Waals surface area contributed by atoms with Crippen LogP contribution in [0.25, 0.3) is 20.9 Å². The van der Waals surface area contributed by atoms with Crippen molar-refractivity contribution in [3.8, 4) is 10.7 Å². The van der Waals surface area contributed by atoms with E-state index in [4.69, 9.17) is 0 Å². The van der Waals surface area contributed by atoms with E-state index >= 15 is 0 Å². The number of nitrogens with zero attached hydrogens (tertiary/aromatic N) is 1. The van der Waals surface area contributed by atoms with Gasteiger partial charge in [-0.05, 0) is 29.8 Å². The molecule has 1 N–H and O–H groups in total. The molecule has 3 aromatic rings. The number of nitrogens with one attached hydrogen (secondary N) is 1. The van der Waals surface area contributed by atoms with Crippen molar-refractivity contribution >= 4 is 44.7 Å². The number of hydrogen-bond donors (Lipinski definition) is 1. The number of rotatable bonds is 2. The highest BCUT2D eigenvalue weighted by atomic mass is 32.2. The second-order valence-corrected chi connectivity index (χ2v) is 6.48. The molecule has 0 aliphatic carbocycles. The maximum absolute atomic E-state index is 11.8. The summed E-state index contributed by atoms with van der Waals surface area (Å²) >= 11 is 4.75. The summed E-state index contributed by atoms with van der Waals surface area (Å²) in [5.41, 5.74) is 0.715. The Balaban J connectivity index is 2.20. The molecular weight excluding hydrogens is 272 g/mol. The Morgan fingerprint density at radius 1 is 1.35 bits per heavy atom. The van der Waals surface area contributed by atoms with E-state index in [1.54, 1.807) is 23.1 Å². The van der Waals surface area contributed by atoms with Gasteiger partial charge in [0.1, 0.15) is 4.70 Å². The zero-order valence-corrected chi connectivity index (χ0v) is 11.3. The van der Waals surface area contributed by atoms with Crippen LogP contribution in [-0.2, 0) is 0 Å². The predicted molar refractivity (Wildman–Crippen MR) is 75.3 cm³/mol. The zero-order valence-electron chi connectivity index (χ0n) is 8.89. The highest BCUT2D eigenvalue weighted by Crippen LogP contribution is 2.31. The van der Waals surface area contributed by atoms with Crippen molar-refractivity contribution < 1.29 is 0 Å². The Labute approximate surface area is 110 Å². The molecule has 3 nitrogen and oxygen atoms in total. The molecule has 86 valence electrons. The van der Waals surface area contributed by atoms with E-state index in [1.807, 2.05) is 29.8 Å². The van der Waals surface area contributed by atoms with E-state index in [1.165, 1.54) is 15.5 Å². The van der Waals surface area contributed by atoms with Crippen LogP contribution < -0.4 is 5.56 Å². The standard InChI is InChI=1S/C11H8N2OS3/c1-15-8-3-2-7(17-8)10-12-6-4-5-16-9(6)11(14)13-10/h2-5H,1H3,(H,12,13,14). The van der Waals surface area contributed by atoms with Crippen LogP contribution in [0.3, 0.4) is 0 Å². The summed E-state index contributed by atoms with van der Waals surface area (Å²) in [6.07, 6.45) is 2.04. The van der Waals surface area contributed by atoms with E-state index in [9.17, 15) is 4.79 Å². The summed E-state index contributed by atoms with van der Waals surface area (Å²) in [6.45, 7) is 0. The number of fused-ring (bicyclic) bond motifs is 1. The van der Waals surface area contributed by atoms with Gasteiger partial charge < -0.3 is 4.98 Å². The van der Waals surface area contributed by atoms with Crippen LogP contribution in [0.4, 0.5) is 0 Å². The molecule has 3 aromatic heterocycles. The molecule has 17 heavy (non-hydrogen) atoms. The number of thioether (sulfide) groups is 1. The number of H-pyrrole nitrogens is 1. The van der Waals surface area contributed by atoms with Gasteiger partial charge >= 0.3 is 0 Å². The van der Waals surface area contributed by atoms with Crippen LogP contribution in [0.2, 0.25) is 0 Å². The molecular formula is C11H8N2OS3. The minimum atomic E-state index is -0.0564. The van der Waals surface area contributed by atoms with Gasteiger partial charge in [0.15, 0.2) is 5.82 Å². The fourth-order valence-electron chi connectivity index (χ4n) is 1.55. The highest BCUT2D eigenvalue weighted by molar-refractivity contribution is 8.00. The first-order valence-corrected chi connectivity index (χ1v) is 7.82. The second kappa shape index (κ2) is 4.29. The van der Waals surface area contributed by atoms with Crippen LogP contribution in [0.15, 0.2) is 32.6 Å². The van der Waals surface area contributed by atoms with Gasteiger partial charge in [-0.3, -0.25) is 4.79 Å². The molecule has 0 aromatic carbocycles. The maximum Gasteiger partial charge on any atom is 0.269 e. The van der Waals surface area contributed by atoms with Crippen LogP contribution in [0.1, 0.15) is 0 Å². The lowest BCUT2D eigenvalue weighted by atomic mass is 10.4.